The van der Waals surface area contributed by atoms with Gasteiger partial charge in [-0.3, -0.25) is 9.69 Å². The van der Waals surface area contributed by atoms with E-state index in [1.165, 1.54) is 16.9 Å². The van der Waals surface area contributed by atoms with Crippen molar-refractivity contribution < 1.29 is 4.79 Å². The highest BCUT2D eigenvalue weighted by atomic mass is 79.9. The number of aromatic nitrogens is 1. The third-order valence-electron chi connectivity index (χ3n) is 2.99. The van der Waals surface area contributed by atoms with E-state index in [0.29, 0.717) is 13.1 Å². The topological polar surface area (TPSA) is 45.2 Å². The summed E-state index contributed by atoms with van der Waals surface area (Å²) in [5.41, 5.74) is 2.18. The fraction of sp³-hybridized carbons (Fsp3) is 0.333. The first-order valence-electron chi connectivity index (χ1n) is 6.77. The first-order chi connectivity index (χ1) is 10.1. The highest BCUT2D eigenvalue weighted by molar-refractivity contribution is 9.10. The number of amides is 1. The Morgan fingerprint density at radius 1 is 1.43 bits per heavy atom. The number of rotatable bonds is 6. The molecule has 1 amide bonds. The quantitative estimate of drug-likeness (QED) is 0.848. The van der Waals surface area contributed by atoms with Gasteiger partial charge in [0.15, 0.2) is 5.13 Å². The minimum Gasteiger partial charge on any atom is -0.307 e. The summed E-state index contributed by atoms with van der Waals surface area (Å²) in [6, 6.07) is 8.21. The minimum absolute atomic E-state index is 0.0282. The third-order valence-corrected chi connectivity index (χ3v) is 4.40. The molecule has 1 N–H and O–H groups in total. The lowest BCUT2D eigenvalue weighted by Crippen LogP contribution is -2.27. The van der Waals surface area contributed by atoms with Gasteiger partial charge in [-0.05, 0) is 24.6 Å². The number of hydrogen-bond acceptors (Lipinski definition) is 4. The molecule has 112 valence electrons. The summed E-state index contributed by atoms with van der Waals surface area (Å²) in [4.78, 5) is 17.7. The summed E-state index contributed by atoms with van der Waals surface area (Å²) in [5.74, 6) is 0.0282. The molecule has 1 heterocycles. The van der Waals surface area contributed by atoms with Crippen molar-refractivity contribution in [2.45, 2.75) is 26.9 Å². The Hall–Kier alpha value is -1.24. The summed E-state index contributed by atoms with van der Waals surface area (Å²) in [6.45, 7) is 5.65. The number of nitrogens with zero attached hydrogens (tertiary/aromatic N) is 2. The maximum absolute atomic E-state index is 11.5. The monoisotopic (exact) mass is 367 g/mol. The lowest BCUT2D eigenvalue weighted by atomic mass is 10.2. The minimum atomic E-state index is 0.0282. The maximum atomic E-state index is 11.5. The summed E-state index contributed by atoms with van der Waals surface area (Å²) < 4.78 is 1.08. The fourth-order valence-electron chi connectivity index (χ4n) is 1.98. The van der Waals surface area contributed by atoms with Gasteiger partial charge >= 0.3 is 0 Å². The maximum Gasteiger partial charge on any atom is 0.225 e. The van der Waals surface area contributed by atoms with Crippen molar-refractivity contribution in [3.63, 3.8) is 0 Å². The van der Waals surface area contributed by atoms with Crippen LogP contribution in [0, 0.1) is 0 Å². The molecule has 1 aromatic carbocycles. The van der Waals surface area contributed by atoms with Crippen molar-refractivity contribution in [3.05, 3.63) is 45.4 Å². The molecule has 0 bridgehead atoms. The summed E-state index contributed by atoms with van der Waals surface area (Å²) in [7, 11) is 0. The molecule has 0 saturated carbocycles. The second-order valence-electron chi connectivity index (χ2n) is 4.62. The second-order valence-corrected chi connectivity index (χ2v) is 6.37. The Morgan fingerprint density at radius 3 is 2.90 bits per heavy atom. The summed E-state index contributed by atoms with van der Waals surface area (Å²) >= 11 is 4.97. The van der Waals surface area contributed by atoms with Gasteiger partial charge in [-0.15, -0.1) is 11.3 Å². The molecular weight excluding hydrogens is 350 g/mol. The van der Waals surface area contributed by atoms with Crippen molar-refractivity contribution in [1.82, 2.24) is 10.3 Å². The van der Waals surface area contributed by atoms with E-state index in [9.17, 15) is 4.79 Å². The molecule has 0 atom stereocenters. The van der Waals surface area contributed by atoms with E-state index in [0.717, 1.165) is 21.8 Å². The third kappa shape index (κ3) is 4.62. The van der Waals surface area contributed by atoms with E-state index in [1.807, 2.05) is 24.4 Å². The number of benzene rings is 1. The highest BCUT2D eigenvalue weighted by Gasteiger charge is 2.13. The average Bonchev–Trinajstić information content (AvgIpc) is 2.88. The fourth-order valence-corrected chi connectivity index (χ4v) is 3.35. The first-order valence-corrected chi connectivity index (χ1v) is 8.45. The number of thiazole rings is 1. The zero-order chi connectivity index (χ0) is 15.2. The van der Waals surface area contributed by atoms with E-state index < -0.39 is 0 Å². The van der Waals surface area contributed by atoms with Crippen molar-refractivity contribution in [2.75, 3.05) is 11.4 Å². The van der Waals surface area contributed by atoms with Gasteiger partial charge in [0.2, 0.25) is 5.91 Å². The van der Waals surface area contributed by atoms with Gasteiger partial charge in [0, 0.05) is 36.4 Å². The largest absolute Gasteiger partial charge is 0.307 e. The van der Waals surface area contributed by atoms with Gasteiger partial charge in [0.05, 0.1) is 5.69 Å². The van der Waals surface area contributed by atoms with Crippen LogP contribution in [0.25, 0.3) is 0 Å². The van der Waals surface area contributed by atoms with Crippen molar-refractivity contribution >= 4 is 38.3 Å². The van der Waals surface area contributed by atoms with Gasteiger partial charge in [-0.25, -0.2) is 4.98 Å². The number of halogens is 1. The first kappa shape index (κ1) is 16.1. The van der Waals surface area contributed by atoms with Crippen LogP contribution in [0.5, 0.6) is 0 Å². The van der Waals surface area contributed by atoms with Crippen molar-refractivity contribution in [3.8, 4) is 0 Å². The predicted molar refractivity (Wildman–Crippen MR) is 90.5 cm³/mol. The molecule has 2 rings (SSSR count). The van der Waals surface area contributed by atoms with E-state index in [1.54, 1.807) is 11.8 Å². The zero-order valence-electron chi connectivity index (χ0n) is 12.1. The Labute approximate surface area is 137 Å². The Balaban J connectivity index is 1.89. The number of carbonyl (C=O) groups is 1. The SMILES string of the molecule is CCN(C(C)=O)c1nc(CNCc2cccc(Br)c2)cs1. The summed E-state index contributed by atoms with van der Waals surface area (Å²) in [6.07, 6.45) is 0. The van der Waals surface area contributed by atoms with Crippen LogP contribution in [0.1, 0.15) is 25.1 Å². The molecule has 0 aliphatic heterocycles. The molecule has 0 radical (unpaired) electrons. The van der Waals surface area contributed by atoms with Crippen molar-refractivity contribution in [1.29, 1.82) is 0 Å². The van der Waals surface area contributed by atoms with Crippen LogP contribution >= 0.6 is 27.3 Å². The van der Waals surface area contributed by atoms with Gasteiger partial charge in [-0.2, -0.15) is 0 Å². The lowest BCUT2D eigenvalue weighted by molar-refractivity contribution is -0.116. The van der Waals surface area contributed by atoms with Crippen LogP contribution in [0.2, 0.25) is 0 Å². The molecule has 0 aliphatic rings. The van der Waals surface area contributed by atoms with Gasteiger partial charge in [-0.1, -0.05) is 28.1 Å². The smallest absolute Gasteiger partial charge is 0.225 e. The molecular formula is C15H18BrN3OS. The van der Waals surface area contributed by atoms with E-state index in [2.05, 4.69) is 38.4 Å². The zero-order valence-corrected chi connectivity index (χ0v) is 14.5. The van der Waals surface area contributed by atoms with Crippen LogP contribution in [0.4, 0.5) is 5.13 Å². The Bertz CT molecular complexity index is 614. The molecule has 2 aromatic rings. The molecule has 1 aromatic heterocycles. The number of hydrogen-bond donors (Lipinski definition) is 1. The Morgan fingerprint density at radius 2 is 2.24 bits per heavy atom. The molecule has 6 heteroatoms. The van der Waals surface area contributed by atoms with E-state index in [4.69, 9.17) is 0 Å². The van der Waals surface area contributed by atoms with Crippen molar-refractivity contribution in [2.24, 2.45) is 0 Å². The standard InChI is InChI=1S/C15H18BrN3OS/c1-3-19(11(2)20)15-18-14(10-21-15)9-17-8-12-5-4-6-13(16)7-12/h4-7,10,17H,3,8-9H2,1-2H3. The van der Waals surface area contributed by atoms with Crippen LogP contribution < -0.4 is 10.2 Å². The predicted octanol–water partition coefficient (Wildman–Crippen LogP) is 3.57. The van der Waals surface area contributed by atoms with Gasteiger partial charge < -0.3 is 5.32 Å². The molecule has 4 nitrogen and oxygen atoms in total. The summed E-state index contributed by atoms with van der Waals surface area (Å²) in [5, 5.41) is 6.13. The lowest BCUT2D eigenvalue weighted by Gasteiger charge is -2.14. The Kier molecular flexibility index (Phi) is 5.90. The normalized spacial score (nSPS) is 10.6. The van der Waals surface area contributed by atoms with Crippen LogP contribution in [0.3, 0.4) is 0 Å². The van der Waals surface area contributed by atoms with Crippen LogP contribution in [-0.2, 0) is 17.9 Å². The van der Waals surface area contributed by atoms with E-state index in [-0.39, 0.29) is 5.91 Å². The van der Waals surface area contributed by atoms with Crippen LogP contribution in [0.15, 0.2) is 34.1 Å². The van der Waals surface area contributed by atoms with E-state index >= 15 is 0 Å². The number of carbonyl (C=O) groups excluding carboxylic acids is 1. The number of nitrogens with one attached hydrogen (secondary N) is 1. The average molecular weight is 368 g/mol. The molecule has 21 heavy (non-hydrogen) atoms. The van der Waals surface area contributed by atoms with Gasteiger partial charge in [0.1, 0.15) is 0 Å². The molecule has 0 spiro atoms. The van der Waals surface area contributed by atoms with Crippen LogP contribution in [-0.4, -0.2) is 17.4 Å². The highest BCUT2D eigenvalue weighted by Crippen LogP contribution is 2.20. The molecule has 0 aliphatic carbocycles. The number of anilines is 1. The van der Waals surface area contributed by atoms with Gasteiger partial charge in [0.25, 0.3) is 0 Å². The molecule has 0 saturated heterocycles. The molecule has 0 fully saturated rings. The second kappa shape index (κ2) is 7.68. The molecule has 0 unspecified atom stereocenters.